The normalized spacial score (nSPS) is 19.6. The monoisotopic (exact) mass is 277 g/mol. The SMILES string of the molecule is OCC(CO)(CO)NCC(O)COC1CCCCC1. The summed E-state index contributed by atoms with van der Waals surface area (Å²) in [5.74, 6) is 0. The lowest BCUT2D eigenvalue weighted by Gasteiger charge is -2.30. The van der Waals surface area contributed by atoms with Crippen LogP contribution in [0.4, 0.5) is 0 Å². The molecular weight excluding hydrogens is 250 g/mol. The summed E-state index contributed by atoms with van der Waals surface area (Å²) in [7, 11) is 0. The molecule has 6 nitrogen and oxygen atoms in total. The van der Waals surface area contributed by atoms with Gasteiger partial charge in [-0.1, -0.05) is 19.3 Å². The van der Waals surface area contributed by atoms with Crippen LogP contribution >= 0.6 is 0 Å². The molecule has 1 fully saturated rings. The van der Waals surface area contributed by atoms with E-state index in [2.05, 4.69) is 5.32 Å². The summed E-state index contributed by atoms with van der Waals surface area (Å²) in [5, 5.41) is 40.0. The van der Waals surface area contributed by atoms with Crippen LogP contribution in [0.5, 0.6) is 0 Å². The summed E-state index contributed by atoms with van der Waals surface area (Å²) in [6, 6.07) is 0. The lowest BCUT2D eigenvalue weighted by molar-refractivity contribution is -0.0308. The lowest BCUT2D eigenvalue weighted by atomic mass is 9.98. The van der Waals surface area contributed by atoms with Gasteiger partial charge < -0.3 is 30.5 Å². The van der Waals surface area contributed by atoms with Crippen LogP contribution in [0.3, 0.4) is 0 Å². The van der Waals surface area contributed by atoms with Crippen LogP contribution in [0.1, 0.15) is 32.1 Å². The van der Waals surface area contributed by atoms with Gasteiger partial charge in [-0.25, -0.2) is 0 Å². The van der Waals surface area contributed by atoms with Crippen molar-refractivity contribution in [3.8, 4) is 0 Å². The van der Waals surface area contributed by atoms with Crippen LogP contribution in [-0.4, -0.2) is 71.1 Å². The van der Waals surface area contributed by atoms with Gasteiger partial charge >= 0.3 is 0 Å². The van der Waals surface area contributed by atoms with Gasteiger partial charge in [-0.15, -0.1) is 0 Å². The molecule has 0 bridgehead atoms. The van der Waals surface area contributed by atoms with Crippen LogP contribution in [0, 0.1) is 0 Å². The number of hydrogen-bond acceptors (Lipinski definition) is 6. The molecular formula is C13H27NO5. The van der Waals surface area contributed by atoms with E-state index in [-0.39, 0.29) is 19.3 Å². The number of aliphatic hydroxyl groups is 4. The fraction of sp³-hybridized carbons (Fsp3) is 1.00. The van der Waals surface area contributed by atoms with Crippen LogP contribution in [-0.2, 0) is 4.74 Å². The van der Waals surface area contributed by atoms with E-state index in [0.29, 0.717) is 0 Å². The second-order valence-corrected chi connectivity index (χ2v) is 5.38. The van der Waals surface area contributed by atoms with E-state index < -0.39 is 31.5 Å². The third-order valence-electron chi connectivity index (χ3n) is 3.70. The minimum absolute atomic E-state index is 0.161. The Morgan fingerprint density at radius 3 is 2.16 bits per heavy atom. The maximum atomic E-state index is 9.80. The first-order chi connectivity index (χ1) is 9.15. The first kappa shape index (κ1) is 16.8. The highest BCUT2D eigenvalue weighted by Crippen LogP contribution is 2.20. The Kier molecular flexibility index (Phi) is 7.82. The number of hydrogen-bond donors (Lipinski definition) is 5. The highest BCUT2D eigenvalue weighted by Gasteiger charge is 2.28. The molecule has 0 amide bonds. The third-order valence-corrected chi connectivity index (χ3v) is 3.70. The van der Waals surface area contributed by atoms with Crippen molar-refractivity contribution in [1.82, 2.24) is 5.32 Å². The van der Waals surface area contributed by atoms with Crippen molar-refractivity contribution in [2.45, 2.75) is 49.9 Å². The standard InChI is InChI=1S/C13H27NO5/c15-8-13(9-16,10-17)14-6-11(18)7-19-12-4-2-1-3-5-12/h11-12,14-18H,1-10H2. The Hall–Kier alpha value is -0.240. The lowest BCUT2D eigenvalue weighted by Crippen LogP contribution is -2.57. The predicted octanol–water partition coefficient (Wildman–Crippen LogP) is -0.998. The third kappa shape index (κ3) is 5.72. The van der Waals surface area contributed by atoms with Gasteiger partial charge in [0.05, 0.1) is 44.2 Å². The van der Waals surface area contributed by atoms with Crippen LogP contribution in [0.25, 0.3) is 0 Å². The van der Waals surface area contributed by atoms with E-state index in [0.717, 1.165) is 12.8 Å². The Morgan fingerprint density at radius 2 is 1.63 bits per heavy atom. The molecule has 0 saturated heterocycles. The molecule has 0 aliphatic heterocycles. The minimum atomic E-state index is -1.15. The van der Waals surface area contributed by atoms with Crippen molar-refractivity contribution in [3.63, 3.8) is 0 Å². The van der Waals surface area contributed by atoms with E-state index in [9.17, 15) is 5.11 Å². The zero-order chi connectivity index (χ0) is 14.1. The Labute approximate surface area is 114 Å². The smallest absolute Gasteiger partial charge is 0.0898 e. The first-order valence-corrected chi connectivity index (χ1v) is 7.03. The minimum Gasteiger partial charge on any atom is -0.394 e. The molecule has 1 saturated carbocycles. The molecule has 19 heavy (non-hydrogen) atoms. The Balaban J connectivity index is 2.20. The number of β-amino-alcohol motifs (C(OH)–C–C–N with tert-alkyl or cyclic N) is 1. The highest BCUT2D eigenvalue weighted by molar-refractivity contribution is 4.87. The predicted molar refractivity (Wildman–Crippen MR) is 70.8 cm³/mol. The fourth-order valence-electron chi connectivity index (χ4n) is 2.19. The molecule has 114 valence electrons. The number of ether oxygens (including phenoxy) is 1. The van der Waals surface area contributed by atoms with Crippen molar-refractivity contribution in [2.24, 2.45) is 0 Å². The van der Waals surface area contributed by atoms with Gasteiger partial charge in [0.15, 0.2) is 0 Å². The molecule has 1 unspecified atom stereocenters. The molecule has 0 aromatic rings. The highest BCUT2D eigenvalue weighted by atomic mass is 16.5. The van der Waals surface area contributed by atoms with Crippen molar-refractivity contribution in [1.29, 1.82) is 0 Å². The number of nitrogens with one attached hydrogen (secondary N) is 1. The van der Waals surface area contributed by atoms with Crippen LogP contribution in [0.2, 0.25) is 0 Å². The van der Waals surface area contributed by atoms with Crippen molar-refractivity contribution in [2.75, 3.05) is 33.0 Å². The molecule has 6 heteroatoms. The quantitative estimate of drug-likeness (QED) is 0.371. The zero-order valence-corrected chi connectivity index (χ0v) is 11.4. The zero-order valence-electron chi connectivity index (χ0n) is 11.4. The summed E-state index contributed by atoms with van der Waals surface area (Å²) in [5.41, 5.74) is -1.15. The van der Waals surface area contributed by atoms with E-state index in [1.54, 1.807) is 0 Å². The van der Waals surface area contributed by atoms with Gasteiger partial charge in [0.1, 0.15) is 0 Å². The Bertz CT molecular complexity index is 221. The van der Waals surface area contributed by atoms with Gasteiger partial charge in [0, 0.05) is 6.54 Å². The van der Waals surface area contributed by atoms with Gasteiger partial charge in [-0.3, -0.25) is 0 Å². The van der Waals surface area contributed by atoms with E-state index in [4.69, 9.17) is 20.1 Å². The summed E-state index contributed by atoms with van der Waals surface area (Å²) in [6.45, 7) is -0.785. The first-order valence-electron chi connectivity index (χ1n) is 7.03. The second-order valence-electron chi connectivity index (χ2n) is 5.38. The van der Waals surface area contributed by atoms with Crippen LogP contribution in [0.15, 0.2) is 0 Å². The average Bonchev–Trinajstić information content (AvgIpc) is 2.48. The van der Waals surface area contributed by atoms with Crippen LogP contribution < -0.4 is 5.32 Å². The summed E-state index contributed by atoms with van der Waals surface area (Å²) >= 11 is 0. The summed E-state index contributed by atoms with van der Waals surface area (Å²) in [4.78, 5) is 0. The molecule has 0 spiro atoms. The Morgan fingerprint density at radius 1 is 1.05 bits per heavy atom. The van der Waals surface area contributed by atoms with Crippen molar-refractivity contribution < 1.29 is 25.2 Å². The molecule has 0 heterocycles. The summed E-state index contributed by atoms with van der Waals surface area (Å²) < 4.78 is 5.63. The molecule has 1 aliphatic rings. The average molecular weight is 277 g/mol. The van der Waals surface area contributed by atoms with E-state index >= 15 is 0 Å². The van der Waals surface area contributed by atoms with Crippen molar-refractivity contribution in [3.05, 3.63) is 0 Å². The number of aliphatic hydroxyl groups excluding tert-OH is 4. The van der Waals surface area contributed by atoms with Gasteiger partial charge in [-0.2, -0.15) is 0 Å². The maximum Gasteiger partial charge on any atom is 0.0898 e. The number of rotatable bonds is 9. The second kappa shape index (κ2) is 8.84. The molecule has 5 N–H and O–H groups in total. The van der Waals surface area contributed by atoms with Gasteiger partial charge in [-0.05, 0) is 12.8 Å². The molecule has 1 atom stereocenters. The summed E-state index contributed by atoms with van der Waals surface area (Å²) in [6.07, 6.45) is 5.24. The van der Waals surface area contributed by atoms with E-state index in [1.807, 2.05) is 0 Å². The molecule has 1 rings (SSSR count). The molecule has 0 aromatic heterocycles. The molecule has 0 radical (unpaired) electrons. The van der Waals surface area contributed by atoms with Gasteiger partial charge in [0.25, 0.3) is 0 Å². The topological polar surface area (TPSA) is 102 Å². The fourth-order valence-corrected chi connectivity index (χ4v) is 2.19. The van der Waals surface area contributed by atoms with E-state index in [1.165, 1.54) is 19.3 Å². The maximum absolute atomic E-state index is 9.80. The largest absolute Gasteiger partial charge is 0.394 e. The molecule has 1 aliphatic carbocycles. The van der Waals surface area contributed by atoms with Gasteiger partial charge in [0.2, 0.25) is 0 Å². The van der Waals surface area contributed by atoms with Crippen molar-refractivity contribution >= 4 is 0 Å². The molecule has 0 aromatic carbocycles.